The van der Waals surface area contributed by atoms with Crippen LogP contribution in [0.5, 0.6) is 0 Å². The van der Waals surface area contributed by atoms with Gasteiger partial charge in [-0.15, -0.1) is 0 Å². The maximum absolute atomic E-state index is 10.3. The minimum Gasteiger partial charge on any atom is -0.501 e. The largest absolute Gasteiger partial charge is 0.501 e. The summed E-state index contributed by atoms with van der Waals surface area (Å²) in [6.45, 7) is 0. The van der Waals surface area contributed by atoms with Crippen LogP contribution in [0.15, 0.2) is 23.5 Å². The second-order valence-electron chi connectivity index (χ2n) is 2.04. The molecular weight excluding hydrogens is 196 g/mol. The van der Waals surface area contributed by atoms with Crippen molar-refractivity contribution in [2.24, 2.45) is 0 Å². The van der Waals surface area contributed by atoms with Crippen LogP contribution >= 0.6 is 0 Å². The number of hydrogen-bond donors (Lipinski definition) is 4. The molecule has 0 saturated heterocycles. The van der Waals surface area contributed by atoms with Crippen molar-refractivity contribution in [3.8, 4) is 0 Å². The Morgan fingerprint density at radius 3 is 1.57 bits per heavy atom. The summed E-state index contributed by atoms with van der Waals surface area (Å²) in [7, 11) is 0. The highest BCUT2D eigenvalue weighted by Crippen LogP contribution is 2.04. The van der Waals surface area contributed by atoms with Gasteiger partial charge in [0.05, 0.1) is 0 Å². The van der Waals surface area contributed by atoms with Crippen molar-refractivity contribution >= 4 is 17.9 Å². The second kappa shape index (κ2) is 4.65. The van der Waals surface area contributed by atoms with Gasteiger partial charge in [-0.2, -0.15) is 0 Å². The van der Waals surface area contributed by atoms with Gasteiger partial charge in [0, 0.05) is 6.08 Å². The predicted molar refractivity (Wildman–Crippen MR) is 41.7 cm³/mol. The monoisotopic (exact) mass is 202 g/mol. The van der Waals surface area contributed by atoms with Gasteiger partial charge in [0.25, 0.3) is 0 Å². The van der Waals surface area contributed by atoms with Crippen molar-refractivity contribution in [2.75, 3.05) is 0 Å². The van der Waals surface area contributed by atoms with Crippen LogP contribution in [0.1, 0.15) is 0 Å². The molecule has 76 valence electrons. The van der Waals surface area contributed by atoms with E-state index in [1.807, 2.05) is 0 Å². The van der Waals surface area contributed by atoms with Gasteiger partial charge in [0.15, 0.2) is 0 Å². The van der Waals surface area contributed by atoms with Crippen molar-refractivity contribution in [2.45, 2.75) is 0 Å². The molecule has 0 amide bonds. The van der Waals surface area contributed by atoms with Crippen LogP contribution < -0.4 is 0 Å². The number of rotatable bonds is 4. The van der Waals surface area contributed by atoms with E-state index in [4.69, 9.17) is 20.4 Å². The lowest BCUT2D eigenvalue weighted by Gasteiger charge is -1.96. The van der Waals surface area contributed by atoms with Gasteiger partial charge in [0.1, 0.15) is 5.57 Å². The highest BCUT2D eigenvalue weighted by Gasteiger charge is 2.16. The highest BCUT2D eigenvalue weighted by molar-refractivity contribution is 6.00. The smallest absolute Gasteiger partial charge is 0.371 e. The molecule has 0 unspecified atom stereocenters. The Kier molecular flexibility index (Phi) is 3.88. The van der Waals surface area contributed by atoms with Gasteiger partial charge >= 0.3 is 17.9 Å². The summed E-state index contributed by atoms with van der Waals surface area (Å²) in [4.78, 5) is 30.5. The molecule has 7 nitrogen and oxygen atoms in total. The van der Waals surface area contributed by atoms with Crippen LogP contribution in [0.3, 0.4) is 0 Å². The topological polar surface area (TPSA) is 132 Å². The van der Waals surface area contributed by atoms with Crippen LogP contribution in [0, 0.1) is 0 Å². The lowest BCUT2D eigenvalue weighted by Crippen LogP contribution is -2.09. The van der Waals surface area contributed by atoms with Crippen molar-refractivity contribution < 1.29 is 34.8 Å². The van der Waals surface area contributed by atoms with E-state index in [1.54, 1.807) is 0 Å². The number of carbonyl (C=O) groups is 3. The van der Waals surface area contributed by atoms with Gasteiger partial charge < -0.3 is 20.4 Å². The molecule has 0 heterocycles. The molecule has 14 heavy (non-hydrogen) atoms. The number of aliphatic carboxylic acids is 3. The highest BCUT2D eigenvalue weighted by atomic mass is 16.4. The van der Waals surface area contributed by atoms with Crippen LogP contribution in [0.4, 0.5) is 0 Å². The Morgan fingerprint density at radius 1 is 0.786 bits per heavy atom. The fourth-order valence-electron chi connectivity index (χ4n) is 0.521. The van der Waals surface area contributed by atoms with Crippen molar-refractivity contribution in [3.63, 3.8) is 0 Å². The molecule has 0 aliphatic heterocycles. The molecule has 0 aromatic rings. The predicted octanol–water partition coefficient (Wildman–Crippen LogP) is -0.391. The summed E-state index contributed by atoms with van der Waals surface area (Å²) in [5.41, 5.74) is -1.00. The Bertz CT molecular complexity index is 336. The summed E-state index contributed by atoms with van der Waals surface area (Å²) < 4.78 is 0. The Balaban J connectivity index is 5.16. The molecule has 0 fully saturated rings. The number of hydrogen-bond acceptors (Lipinski definition) is 4. The van der Waals surface area contributed by atoms with Gasteiger partial charge in [0.2, 0.25) is 5.76 Å². The normalized spacial score (nSPS) is 12.3. The average molecular weight is 202 g/mol. The van der Waals surface area contributed by atoms with Crippen molar-refractivity contribution in [3.05, 3.63) is 23.5 Å². The Labute approximate surface area is 77.2 Å². The molecule has 7 heteroatoms. The quantitative estimate of drug-likeness (QED) is 0.277. The van der Waals surface area contributed by atoms with Crippen molar-refractivity contribution in [1.82, 2.24) is 0 Å². The second-order valence-corrected chi connectivity index (χ2v) is 2.04. The molecule has 0 rings (SSSR count). The first-order chi connectivity index (χ1) is 6.36. The lowest BCUT2D eigenvalue weighted by atomic mass is 10.2. The summed E-state index contributed by atoms with van der Waals surface area (Å²) in [6.07, 6.45) is 0.886. The third-order valence-corrected chi connectivity index (χ3v) is 1.08. The maximum atomic E-state index is 10.3. The third-order valence-electron chi connectivity index (χ3n) is 1.08. The SMILES string of the molecule is O=C(O)/C=C\C(C(=O)O)=C(\O)C(=O)O. The van der Waals surface area contributed by atoms with Crippen LogP contribution in [-0.2, 0) is 14.4 Å². The third kappa shape index (κ3) is 3.39. The maximum Gasteiger partial charge on any atom is 0.371 e. The summed E-state index contributed by atoms with van der Waals surface area (Å²) >= 11 is 0. The summed E-state index contributed by atoms with van der Waals surface area (Å²) in [5, 5.41) is 33.5. The van der Waals surface area contributed by atoms with E-state index >= 15 is 0 Å². The molecule has 0 aliphatic rings. The summed E-state index contributed by atoms with van der Waals surface area (Å²) in [6, 6.07) is 0. The Hall–Kier alpha value is -2.31. The molecule has 0 bridgehead atoms. The van der Waals surface area contributed by atoms with E-state index in [2.05, 4.69) is 0 Å². The molecule has 0 spiro atoms. The first-order valence-corrected chi connectivity index (χ1v) is 3.17. The molecular formula is C7H6O7. The van der Waals surface area contributed by atoms with Crippen LogP contribution in [0.25, 0.3) is 0 Å². The lowest BCUT2D eigenvalue weighted by molar-refractivity contribution is -0.138. The van der Waals surface area contributed by atoms with E-state index in [1.165, 1.54) is 0 Å². The van der Waals surface area contributed by atoms with Crippen molar-refractivity contribution in [1.29, 1.82) is 0 Å². The fraction of sp³-hybridized carbons (Fsp3) is 0. The standard InChI is InChI=1S/C7H6O7/c8-4(9)2-1-3(6(11)12)5(10)7(13)14/h1-2,10H,(H,8,9)(H,11,12)(H,13,14)/b2-1-,5-3-. The Morgan fingerprint density at radius 2 is 1.29 bits per heavy atom. The van der Waals surface area contributed by atoms with E-state index in [-0.39, 0.29) is 0 Å². The molecule has 0 atom stereocenters. The first kappa shape index (κ1) is 11.7. The molecule has 0 saturated carbocycles. The first-order valence-electron chi connectivity index (χ1n) is 3.17. The average Bonchev–Trinajstić information content (AvgIpc) is 2.02. The zero-order chi connectivity index (χ0) is 11.3. The van der Waals surface area contributed by atoms with E-state index in [9.17, 15) is 14.4 Å². The molecule has 4 N–H and O–H groups in total. The van der Waals surface area contributed by atoms with Crippen LogP contribution in [0.2, 0.25) is 0 Å². The number of carboxylic acid groups (broad SMARTS) is 3. The molecule has 0 radical (unpaired) electrons. The summed E-state index contributed by atoms with van der Waals surface area (Å²) in [5.74, 6) is -6.46. The van der Waals surface area contributed by atoms with E-state index < -0.39 is 29.2 Å². The number of aliphatic hydroxyl groups is 1. The van der Waals surface area contributed by atoms with Gasteiger partial charge in [-0.3, -0.25) is 0 Å². The van der Waals surface area contributed by atoms with Gasteiger partial charge in [-0.1, -0.05) is 0 Å². The van der Waals surface area contributed by atoms with Gasteiger partial charge in [-0.25, -0.2) is 14.4 Å². The number of aliphatic hydroxyl groups excluding tert-OH is 1. The number of carboxylic acids is 3. The zero-order valence-electron chi connectivity index (χ0n) is 6.67. The molecule has 0 aromatic heterocycles. The molecule has 0 aromatic carbocycles. The molecule has 0 aliphatic carbocycles. The fourth-order valence-corrected chi connectivity index (χ4v) is 0.521. The van der Waals surface area contributed by atoms with E-state index in [0.717, 1.165) is 0 Å². The van der Waals surface area contributed by atoms with Crippen LogP contribution in [-0.4, -0.2) is 38.3 Å². The minimum absolute atomic E-state index is 0.405. The van der Waals surface area contributed by atoms with E-state index in [0.29, 0.717) is 12.2 Å². The minimum atomic E-state index is -1.85. The zero-order valence-corrected chi connectivity index (χ0v) is 6.67. The van der Waals surface area contributed by atoms with Gasteiger partial charge in [-0.05, 0) is 6.08 Å².